The van der Waals surface area contributed by atoms with Gasteiger partial charge in [0.1, 0.15) is 5.75 Å². The molecule has 6 heteroatoms. The third-order valence-corrected chi connectivity index (χ3v) is 7.42. The largest absolute Gasteiger partial charge is 0.507 e. The fraction of sp³-hybridized carbons (Fsp3) is 0.536. The van der Waals surface area contributed by atoms with E-state index in [1.165, 1.54) is 108 Å². The van der Waals surface area contributed by atoms with Crippen molar-refractivity contribution in [1.82, 2.24) is 0 Å². The van der Waals surface area contributed by atoms with E-state index in [2.05, 4.69) is 11.3 Å². The lowest BCUT2D eigenvalue weighted by molar-refractivity contribution is 0.473. The van der Waals surface area contributed by atoms with Gasteiger partial charge < -0.3 is 10.8 Å². The maximum absolute atomic E-state index is 12.3. The van der Waals surface area contributed by atoms with E-state index < -0.39 is 10.0 Å². The Morgan fingerprint density at radius 3 is 1.85 bits per heavy atom. The first-order chi connectivity index (χ1) is 16.4. The van der Waals surface area contributed by atoms with E-state index in [0.717, 1.165) is 18.4 Å². The smallest absolute Gasteiger partial charge is 0.282 e. The topological polar surface area (TPSA) is 92.8 Å². The molecule has 3 N–H and O–H groups in total. The number of nitrogens with two attached hydrogens (primary N) is 1. The lowest BCUT2D eigenvalue weighted by Gasteiger charge is -2.06. The standard InChI is InChI=1S/C28H42N2O3S/c1-2-3-4-5-6-7-8-9-10-11-12-13-14-15-24-16-17-25(28(31)22-24)23-30-34(32,33)27-20-18-26(29)19-21-27/h16-23,31H,2-15,29H2,1H3/b30-23+. The Balaban J connectivity index is 1.64. The van der Waals surface area contributed by atoms with Crippen LogP contribution < -0.4 is 5.73 Å². The van der Waals surface area contributed by atoms with Crippen LogP contribution in [-0.2, 0) is 16.4 Å². The third-order valence-electron chi connectivity index (χ3n) is 6.17. The second kappa shape index (κ2) is 15.5. The molecule has 0 spiro atoms. The highest BCUT2D eigenvalue weighted by Gasteiger charge is 2.11. The highest BCUT2D eigenvalue weighted by atomic mass is 32.2. The number of nitrogens with zero attached hydrogens (tertiary/aromatic N) is 1. The van der Waals surface area contributed by atoms with Gasteiger partial charge in [-0.3, -0.25) is 0 Å². The Morgan fingerprint density at radius 1 is 0.794 bits per heavy atom. The Hall–Kier alpha value is -2.34. The lowest BCUT2D eigenvalue weighted by atomic mass is 10.0. The zero-order valence-electron chi connectivity index (χ0n) is 20.7. The summed E-state index contributed by atoms with van der Waals surface area (Å²) in [5.74, 6) is 0.0449. The van der Waals surface area contributed by atoms with E-state index in [-0.39, 0.29) is 10.6 Å². The van der Waals surface area contributed by atoms with Gasteiger partial charge in [-0.15, -0.1) is 0 Å². The van der Waals surface area contributed by atoms with Crippen LogP contribution in [0.5, 0.6) is 5.75 Å². The molecule has 5 nitrogen and oxygen atoms in total. The number of sulfonamides is 1. The number of phenolic OH excluding ortho intramolecular Hbond substituents is 1. The molecule has 0 bridgehead atoms. The molecule has 0 heterocycles. The number of benzene rings is 2. The molecule has 0 saturated heterocycles. The molecule has 0 atom stereocenters. The van der Waals surface area contributed by atoms with E-state index in [4.69, 9.17) is 5.73 Å². The number of aromatic hydroxyl groups is 1. The molecule has 2 aromatic rings. The lowest BCUT2D eigenvalue weighted by Crippen LogP contribution is -1.98. The molecular weight excluding hydrogens is 444 g/mol. The molecule has 0 amide bonds. The van der Waals surface area contributed by atoms with Crippen molar-refractivity contribution in [3.05, 3.63) is 53.6 Å². The number of hydrogen-bond acceptors (Lipinski definition) is 4. The number of unbranched alkanes of at least 4 members (excludes halogenated alkanes) is 12. The fourth-order valence-corrected chi connectivity index (χ4v) is 4.88. The summed E-state index contributed by atoms with van der Waals surface area (Å²) in [5.41, 5.74) is 7.52. The minimum atomic E-state index is -3.84. The van der Waals surface area contributed by atoms with Gasteiger partial charge in [0.2, 0.25) is 0 Å². The van der Waals surface area contributed by atoms with Gasteiger partial charge >= 0.3 is 0 Å². The van der Waals surface area contributed by atoms with E-state index in [1.807, 2.05) is 6.07 Å². The average molecular weight is 487 g/mol. The summed E-state index contributed by atoms with van der Waals surface area (Å²) < 4.78 is 28.4. The zero-order chi connectivity index (χ0) is 24.7. The van der Waals surface area contributed by atoms with Gasteiger partial charge in [0.05, 0.1) is 11.1 Å². The molecule has 0 aliphatic carbocycles. The van der Waals surface area contributed by atoms with Crippen LogP contribution in [0.4, 0.5) is 5.69 Å². The Morgan fingerprint density at radius 2 is 1.32 bits per heavy atom. The zero-order valence-corrected chi connectivity index (χ0v) is 21.5. The third kappa shape index (κ3) is 10.7. The summed E-state index contributed by atoms with van der Waals surface area (Å²) in [5, 5.41) is 10.3. The van der Waals surface area contributed by atoms with Gasteiger partial charge in [-0.2, -0.15) is 12.8 Å². The van der Waals surface area contributed by atoms with Crippen LogP contribution in [0.2, 0.25) is 0 Å². The molecule has 2 rings (SSSR count). The van der Waals surface area contributed by atoms with Gasteiger partial charge in [-0.25, -0.2) is 0 Å². The molecule has 0 unspecified atom stereocenters. The highest BCUT2D eigenvalue weighted by Crippen LogP contribution is 2.21. The van der Waals surface area contributed by atoms with Gasteiger partial charge in [-0.1, -0.05) is 90.0 Å². The summed E-state index contributed by atoms with van der Waals surface area (Å²) in [6.07, 6.45) is 19.3. The fourth-order valence-electron chi connectivity index (χ4n) is 4.03. The number of aryl methyl sites for hydroxylation is 1. The number of anilines is 1. The monoisotopic (exact) mass is 486 g/mol. The van der Waals surface area contributed by atoms with E-state index >= 15 is 0 Å². The Bertz CT molecular complexity index is 970. The van der Waals surface area contributed by atoms with E-state index in [0.29, 0.717) is 11.3 Å². The maximum atomic E-state index is 12.3. The predicted molar refractivity (Wildman–Crippen MR) is 143 cm³/mol. The number of nitrogen functional groups attached to an aromatic ring is 1. The van der Waals surface area contributed by atoms with Crippen LogP contribution in [0, 0.1) is 0 Å². The first kappa shape index (κ1) is 27.9. The minimum absolute atomic E-state index is 0.0449. The van der Waals surface area contributed by atoms with Gasteiger partial charge in [0.25, 0.3) is 10.0 Å². The second-order valence-corrected chi connectivity index (χ2v) is 10.8. The SMILES string of the molecule is CCCCCCCCCCCCCCCc1ccc(/C=N/S(=O)(=O)c2ccc(N)cc2)c(O)c1. The minimum Gasteiger partial charge on any atom is -0.507 e. The molecule has 0 saturated carbocycles. The predicted octanol–water partition coefficient (Wildman–Crippen LogP) is 7.42. The number of rotatable bonds is 17. The first-order valence-corrected chi connectivity index (χ1v) is 14.3. The normalized spacial score (nSPS) is 11.9. The van der Waals surface area contributed by atoms with Crippen molar-refractivity contribution in [2.45, 2.75) is 102 Å². The molecular formula is C28H42N2O3S. The molecule has 188 valence electrons. The van der Waals surface area contributed by atoms with E-state index in [1.54, 1.807) is 12.1 Å². The highest BCUT2D eigenvalue weighted by molar-refractivity contribution is 7.90. The van der Waals surface area contributed by atoms with Crippen molar-refractivity contribution in [3.8, 4) is 5.75 Å². The molecule has 0 aromatic heterocycles. The Kier molecular flexibility index (Phi) is 12.8. The maximum Gasteiger partial charge on any atom is 0.282 e. The van der Waals surface area contributed by atoms with Crippen LogP contribution in [0.3, 0.4) is 0 Å². The van der Waals surface area contributed by atoms with E-state index in [9.17, 15) is 13.5 Å². The van der Waals surface area contributed by atoms with Crippen molar-refractivity contribution in [1.29, 1.82) is 0 Å². The number of hydrogen-bond donors (Lipinski definition) is 2. The van der Waals surface area contributed by atoms with Crippen molar-refractivity contribution in [2.75, 3.05) is 5.73 Å². The number of phenols is 1. The van der Waals surface area contributed by atoms with Crippen molar-refractivity contribution >= 4 is 21.9 Å². The van der Waals surface area contributed by atoms with Gasteiger partial charge in [-0.05, 0) is 54.8 Å². The molecule has 0 aliphatic rings. The van der Waals surface area contributed by atoms with Crippen LogP contribution in [0.25, 0.3) is 0 Å². The Labute approximate surface area is 206 Å². The molecule has 2 aromatic carbocycles. The van der Waals surface area contributed by atoms with Gasteiger partial charge in [0.15, 0.2) is 0 Å². The van der Waals surface area contributed by atoms with Crippen molar-refractivity contribution < 1.29 is 13.5 Å². The van der Waals surface area contributed by atoms with Crippen molar-refractivity contribution in [2.24, 2.45) is 4.40 Å². The molecule has 0 fully saturated rings. The van der Waals surface area contributed by atoms with Gasteiger partial charge in [0, 0.05) is 11.3 Å². The summed E-state index contributed by atoms with van der Waals surface area (Å²) in [6.45, 7) is 2.26. The summed E-state index contributed by atoms with van der Waals surface area (Å²) in [4.78, 5) is 0.0662. The first-order valence-electron chi connectivity index (χ1n) is 12.9. The molecule has 0 aliphatic heterocycles. The quantitative estimate of drug-likeness (QED) is 0.138. The van der Waals surface area contributed by atoms with Crippen LogP contribution in [-0.4, -0.2) is 19.7 Å². The van der Waals surface area contributed by atoms with Crippen LogP contribution in [0.1, 0.15) is 102 Å². The van der Waals surface area contributed by atoms with Crippen molar-refractivity contribution in [3.63, 3.8) is 0 Å². The summed E-state index contributed by atoms with van der Waals surface area (Å²) >= 11 is 0. The summed E-state index contributed by atoms with van der Waals surface area (Å²) in [6, 6.07) is 11.2. The van der Waals surface area contributed by atoms with Crippen LogP contribution in [0.15, 0.2) is 51.8 Å². The molecule has 34 heavy (non-hydrogen) atoms. The summed E-state index contributed by atoms with van der Waals surface area (Å²) in [7, 11) is -3.84. The molecule has 0 radical (unpaired) electrons. The second-order valence-electron chi connectivity index (χ2n) is 9.16. The average Bonchev–Trinajstić information content (AvgIpc) is 2.82. The van der Waals surface area contributed by atoms with Crippen LogP contribution >= 0.6 is 0 Å².